The SMILES string of the molecule is C=CCSc1nnc(-c2ccccc2)n1-c1ccc(C)cc1. The van der Waals surface area contributed by atoms with Gasteiger partial charge in [0.2, 0.25) is 0 Å². The Hall–Kier alpha value is -2.33. The van der Waals surface area contributed by atoms with Crippen LogP contribution in [-0.4, -0.2) is 20.5 Å². The largest absolute Gasteiger partial charge is 0.270 e. The maximum absolute atomic E-state index is 4.40. The number of hydrogen-bond acceptors (Lipinski definition) is 3. The molecule has 0 atom stereocenters. The molecule has 0 aliphatic rings. The number of rotatable bonds is 5. The summed E-state index contributed by atoms with van der Waals surface area (Å²) in [6.45, 7) is 5.86. The molecule has 4 heteroatoms. The van der Waals surface area contributed by atoms with Gasteiger partial charge in [-0.3, -0.25) is 4.57 Å². The molecule has 1 aromatic heterocycles. The maximum Gasteiger partial charge on any atom is 0.196 e. The van der Waals surface area contributed by atoms with E-state index in [9.17, 15) is 0 Å². The molecule has 0 saturated carbocycles. The highest BCUT2D eigenvalue weighted by atomic mass is 32.2. The Morgan fingerprint density at radius 3 is 2.45 bits per heavy atom. The summed E-state index contributed by atoms with van der Waals surface area (Å²) in [5.41, 5.74) is 3.36. The Bertz CT molecular complexity index is 761. The van der Waals surface area contributed by atoms with Crippen LogP contribution < -0.4 is 0 Å². The van der Waals surface area contributed by atoms with E-state index >= 15 is 0 Å². The number of aryl methyl sites for hydroxylation is 1. The highest BCUT2D eigenvalue weighted by Crippen LogP contribution is 2.27. The molecule has 3 rings (SSSR count). The van der Waals surface area contributed by atoms with Gasteiger partial charge < -0.3 is 0 Å². The van der Waals surface area contributed by atoms with Gasteiger partial charge in [0.15, 0.2) is 11.0 Å². The number of aromatic nitrogens is 3. The van der Waals surface area contributed by atoms with Crippen LogP contribution in [0.25, 0.3) is 17.1 Å². The molecule has 22 heavy (non-hydrogen) atoms. The predicted octanol–water partition coefficient (Wildman–Crippen LogP) is 4.52. The van der Waals surface area contributed by atoms with Gasteiger partial charge in [-0.2, -0.15) is 0 Å². The molecule has 0 N–H and O–H groups in total. The first kappa shape index (κ1) is 14.6. The van der Waals surface area contributed by atoms with E-state index in [0.29, 0.717) is 0 Å². The molecule has 0 unspecified atom stereocenters. The Morgan fingerprint density at radius 2 is 1.77 bits per heavy atom. The molecule has 3 nitrogen and oxygen atoms in total. The smallest absolute Gasteiger partial charge is 0.196 e. The lowest BCUT2D eigenvalue weighted by atomic mass is 10.2. The van der Waals surface area contributed by atoms with Crippen molar-refractivity contribution in [3.05, 3.63) is 72.8 Å². The zero-order chi connectivity index (χ0) is 15.4. The van der Waals surface area contributed by atoms with Gasteiger partial charge >= 0.3 is 0 Å². The van der Waals surface area contributed by atoms with Crippen molar-refractivity contribution < 1.29 is 0 Å². The first-order valence-electron chi connectivity index (χ1n) is 7.11. The van der Waals surface area contributed by atoms with Crippen LogP contribution in [0.2, 0.25) is 0 Å². The van der Waals surface area contributed by atoms with Crippen LogP contribution in [0, 0.1) is 6.92 Å². The minimum absolute atomic E-state index is 0.804. The second-order valence-corrected chi connectivity index (χ2v) is 5.93. The quantitative estimate of drug-likeness (QED) is 0.513. The number of nitrogens with zero attached hydrogens (tertiary/aromatic N) is 3. The lowest BCUT2D eigenvalue weighted by molar-refractivity contribution is 0.887. The van der Waals surface area contributed by atoms with Gasteiger partial charge in [-0.25, -0.2) is 0 Å². The third kappa shape index (κ3) is 2.97. The van der Waals surface area contributed by atoms with Crippen LogP contribution in [0.15, 0.2) is 72.4 Å². The Labute approximate surface area is 134 Å². The zero-order valence-electron chi connectivity index (χ0n) is 12.4. The Morgan fingerprint density at radius 1 is 1.05 bits per heavy atom. The molecule has 0 radical (unpaired) electrons. The predicted molar refractivity (Wildman–Crippen MR) is 92.5 cm³/mol. The summed E-state index contributed by atoms with van der Waals surface area (Å²) in [5, 5.41) is 9.63. The van der Waals surface area contributed by atoms with Gasteiger partial charge in [0, 0.05) is 17.0 Å². The first-order chi connectivity index (χ1) is 10.8. The summed E-state index contributed by atoms with van der Waals surface area (Å²) >= 11 is 1.63. The van der Waals surface area contributed by atoms with Crippen molar-refractivity contribution in [1.82, 2.24) is 14.8 Å². The maximum atomic E-state index is 4.40. The first-order valence-corrected chi connectivity index (χ1v) is 8.09. The van der Waals surface area contributed by atoms with E-state index in [4.69, 9.17) is 0 Å². The fourth-order valence-corrected chi connectivity index (χ4v) is 2.88. The third-order valence-electron chi connectivity index (χ3n) is 3.29. The summed E-state index contributed by atoms with van der Waals surface area (Å²) < 4.78 is 2.10. The molecule has 0 aliphatic heterocycles. The van der Waals surface area contributed by atoms with Gasteiger partial charge in [0.25, 0.3) is 0 Å². The summed E-state index contributed by atoms with van der Waals surface area (Å²) in [5.74, 6) is 1.66. The monoisotopic (exact) mass is 307 g/mol. The Kier molecular flexibility index (Phi) is 4.39. The lowest BCUT2D eigenvalue weighted by Crippen LogP contribution is -1.99. The van der Waals surface area contributed by atoms with Gasteiger partial charge in [-0.15, -0.1) is 16.8 Å². The summed E-state index contributed by atoms with van der Waals surface area (Å²) in [6.07, 6.45) is 1.88. The molecule has 0 spiro atoms. The third-order valence-corrected chi connectivity index (χ3v) is 4.21. The summed E-state index contributed by atoms with van der Waals surface area (Å²) in [7, 11) is 0. The van der Waals surface area contributed by atoms with Crippen LogP contribution in [0.3, 0.4) is 0 Å². The summed E-state index contributed by atoms with van der Waals surface area (Å²) in [6, 6.07) is 18.5. The average molecular weight is 307 g/mol. The van der Waals surface area contributed by atoms with Gasteiger partial charge in [0.1, 0.15) is 0 Å². The van der Waals surface area contributed by atoms with Gasteiger partial charge in [-0.1, -0.05) is 65.9 Å². The highest BCUT2D eigenvalue weighted by molar-refractivity contribution is 7.99. The van der Waals surface area contributed by atoms with Crippen molar-refractivity contribution in [2.45, 2.75) is 12.1 Å². The topological polar surface area (TPSA) is 30.7 Å². The fraction of sp³-hybridized carbons (Fsp3) is 0.111. The standard InChI is InChI=1S/C18H17N3S/c1-3-13-22-18-20-19-17(15-7-5-4-6-8-15)21(18)16-11-9-14(2)10-12-16/h3-12H,1,13H2,2H3. The molecule has 0 amide bonds. The van der Waals surface area contributed by atoms with Crippen LogP contribution in [0.1, 0.15) is 5.56 Å². The number of benzene rings is 2. The minimum Gasteiger partial charge on any atom is -0.270 e. The van der Waals surface area contributed by atoms with Crippen molar-refractivity contribution in [1.29, 1.82) is 0 Å². The molecule has 3 aromatic rings. The fourth-order valence-electron chi connectivity index (χ4n) is 2.20. The zero-order valence-corrected chi connectivity index (χ0v) is 13.3. The molecule has 0 fully saturated rings. The minimum atomic E-state index is 0.804. The van der Waals surface area contributed by atoms with Gasteiger partial charge in [-0.05, 0) is 19.1 Å². The van der Waals surface area contributed by atoms with Crippen molar-refractivity contribution in [3.8, 4) is 17.1 Å². The molecule has 0 aliphatic carbocycles. The van der Waals surface area contributed by atoms with Crippen LogP contribution in [-0.2, 0) is 0 Å². The number of hydrogen-bond donors (Lipinski definition) is 0. The highest BCUT2D eigenvalue weighted by Gasteiger charge is 2.15. The van der Waals surface area contributed by atoms with Gasteiger partial charge in [0.05, 0.1) is 0 Å². The molecule has 0 saturated heterocycles. The molecule has 1 heterocycles. The average Bonchev–Trinajstić information content (AvgIpc) is 2.98. The van der Waals surface area contributed by atoms with Crippen LogP contribution in [0.5, 0.6) is 0 Å². The lowest BCUT2D eigenvalue weighted by Gasteiger charge is -2.10. The second kappa shape index (κ2) is 6.62. The molecule has 2 aromatic carbocycles. The van der Waals surface area contributed by atoms with Crippen molar-refractivity contribution in [3.63, 3.8) is 0 Å². The van der Waals surface area contributed by atoms with E-state index in [1.54, 1.807) is 11.8 Å². The van der Waals surface area contributed by atoms with E-state index in [2.05, 4.69) is 64.7 Å². The Balaban J connectivity index is 2.13. The van der Waals surface area contributed by atoms with Crippen molar-refractivity contribution in [2.75, 3.05) is 5.75 Å². The van der Waals surface area contributed by atoms with E-state index in [1.807, 2.05) is 24.3 Å². The van der Waals surface area contributed by atoms with Crippen molar-refractivity contribution >= 4 is 11.8 Å². The summed E-state index contributed by atoms with van der Waals surface area (Å²) in [4.78, 5) is 0. The molecule has 110 valence electrons. The van der Waals surface area contributed by atoms with Crippen LogP contribution in [0.4, 0.5) is 0 Å². The molecule has 0 bridgehead atoms. The van der Waals surface area contributed by atoms with E-state index in [1.165, 1.54) is 5.56 Å². The van der Waals surface area contributed by atoms with E-state index in [-0.39, 0.29) is 0 Å². The van der Waals surface area contributed by atoms with Crippen molar-refractivity contribution in [2.24, 2.45) is 0 Å². The second-order valence-electron chi connectivity index (χ2n) is 4.94. The van der Waals surface area contributed by atoms with E-state index < -0.39 is 0 Å². The molecular formula is C18H17N3S. The van der Waals surface area contributed by atoms with Crippen LogP contribution >= 0.6 is 11.8 Å². The molecular weight excluding hydrogens is 290 g/mol. The number of thioether (sulfide) groups is 1. The normalized spacial score (nSPS) is 10.6. The van der Waals surface area contributed by atoms with E-state index in [0.717, 1.165) is 28.0 Å².